The molecule has 0 spiro atoms. The number of hydrogen-bond donors (Lipinski definition) is 3. The number of phenols is 2. The highest BCUT2D eigenvalue weighted by atomic mass is 16.5. The first-order chi connectivity index (χ1) is 12.0. The van der Waals surface area contributed by atoms with E-state index in [0.29, 0.717) is 5.39 Å². The van der Waals surface area contributed by atoms with E-state index in [2.05, 4.69) is 10.3 Å². The van der Waals surface area contributed by atoms with Crippen LogP contribution in [0, 0.1) is 0 Å². The van der Waals surface area contributed by atoms with Crippen LogP contribution in [0.15, 0.2) is 45.9 Å². The average molecular weight is 342 g/mol. The van der Waals surface area contributed by atoms with Gasteiger partial charge in [-0.25, -0.2) is 4.79 Å². The molecule has 0 aliphatic carbocycles. The monoisotopic (exact) mass is 342 g/mol. The van der Waals surface area contributed by atoms with Crippen molar-refractivity contribution in [2.75, 3.05) is 11.9 Å². The van der Waals surface area contributed by atoms with Gasteiger partial charge < -0.3 is 19.4 Å². The number of ether oxygens (including phenoxy) is 1. The molecule has 0 atom stereocenters. The number of pyridine rings is 1. The lowest BCUT2D eigenvalue weighted by molar-refractivity contribution is 0.168. The van der Waals surface area contributed by atoms with E-state index >= 15 is 0 Å². The molecule has 2 aromatic heterocycles. The van der Waals surface area contributed by atoms with Crippen molar-refractivity contribution in [2.24, 2.45) is 0 Å². The zero-order valence-corrected chi connectivity index (χ0v) is 13.1. The van der Waals surface area contributed by atoms with Crippen LogP contribution in [0.2, 0.25) is 0 Å². The molecule has 1 amide bonds. The maximum atomic E-state index is 12.2. The maximum Gasteiger partial charge on any atom is 0.411 e. The molecule has 0 bridgehead atoms. The van der Waals surface area contributed by atoms with Gasteiger partial charge >= 0.3 is 6.09 Å². The largest absolute Gasteiger partial charge is 0.504 e. The Morgan fingerprint density at radius 1 is 1.28 bits per heavy atom. The second-order valence-electron chi connectivity index (χ2n) is 5.08. The summed E-state index contributed by atoms with van der Waals surface area (Å²) in [5, 5.41) is 22.3. The Morgan fingerprint density at radius 2 is 2.04 bits per heavy atom. The standard InChI is InChI=1S/C17H14N2O6/c1-2-24-17(23)19-11-6-14(22)13(21)5-10(11)15-7-12(20)9-3-4-18-8-16(9)25-15/h3-8,21-22H,2H2,1H3,(H,19,23). The lowest BCUT2D eigenvalue weighted by Crippen LogP contribution is -2.14. The second kappa shape index (κ2) is 6.52. The number of aromatic nitrogens is 1. The van der Waals surface area contributed by atoms with E-state index in [1.165, 1.54) is 30.6 Å². The second-order valence-corrected chi connectivity index (χ2v) is 5.08. The highest BCUT2D eigenvalue weighted by Gasteiger charge is 2.17. The van der Waals surface area contributed by atoms with E-state index in [1.54, 1.807) is 6.92 Å². The summed E-state index contributed by atoms with van der Waals surface area (Å²) >= 11 is 0. The molecule has 25 heavy (non-hydrogen) atoms. The van der Waals surface area contributed by atoms with Gasteiger partial charge in [0.15, 0.2) is 22.5 Å². The van der Waals surface area contributed by atoms with Crippen LogP contribution in [0.1, 0.15) is 6.92 Å². The van der Waals surface area contributed by atoms with Gasteiger partial charge in [0.05, 0.1) is 23.9 Å². The molecule has 1 aromatic carbocycles. The van der Waals surface area contributed by atoms with Gasteiger partial charge in [0.1, 0.15) is 5.76 Å². The van der Waals surface area contributed by atoms with Crippen LogP contribution in [0.4, 0.5) is 10.5 Å². The molecule has 0 saturated heterocycles. The third-order valence-electron chi connectivity index (χ3n) is 3.42. The van der Waals surface area contributed by atoms with E-state index in [0.717, 1.165) is 6.07 Å². The number of amides is 1. The Bertz CT molecular complexity index is 1010. The Labute approximate surface area is 141 Å². The fraction of sp³-hybridized carbons (Fsp3) is 0.118. The maximum absolute atomic E-state index is 12.2. The summed E-state index contributed by atoms with van der Waals surface area (Å²) in [5.41, 5.74) is 0.249. The summed E-state index contributed by atoms with van der Waals surface area (Å²) in [6, 6.07) is 5.06. The van der Waals surface area contributed by atoms with Gasteiger partial charge in [-0.2, -0.15) is 0 Å². The van der Waals surface area contributed by atoms with Crippen LogP contribution in [0.5, 0.6) is 11.5 Å². The molecular weight excluding hydrogens is 328 g/mol. The van der Waals surface area contributed by atoms with Crippen molar-refractivity contribution >= 4 is 22.7 Å². The normalized spacial score (nSPS) is 10.6. The van der Waals surface area contributed by atoms with Gasteiger partial charge in [-0.15, -0.1) is 0 Å². The number of anilines is 1. The number of phenolic OH excluding ortho intramolecular Hbond substituents is 2. The Morgan fingerprint density at radius 3 is 2.80 bits per heavy atom. The SMILES string of the molecule is CCOC(=O)Nc1cc(O)c(O)cc1-c1cc(=O)c2ccncc2o1. The van der Waals surface area contributed by atoms with Crippen LogP contribution in [-0.4, -0.2) is 27.9 Å². The number of rotatable bonds is 3. The number of fused-ring (bicyclic) bond motifs is 1. The molecule has 128 valence electrons. The van der Waals surface area contributed by atoms with Gasteiger partial charge in [-0.1, -0.05) is 0 Å². The first-order valence-corrected chi connectivity index (χ1v) is 7.37. The third kappa shape index (κ3) is 3.23. The van der Waals surface area contributed by atoms with E-state index in [-0.39, 0.29) is 34.6 Å². The number of carbonyl (C=O) groups is 1. The number of hydrogen-bond acceptors (Lipinski definition) is 7. The smallest absolute Gasteiger partial charge is 0.411 e. The minimum Gasteiger partial charge on any atom is -0.504 e. The Balaban J connectivity index is 2.17. The van der Waals surface area contributed by atoms with E-state index in [1.807, 2.05) is 0 Å². The molecular formula is C17H14N2O6. The summed E-state index contributed by atoms with van der Waals surface area (Å²) in [4.78, 5) is 27.8. The Kier molecular flexibility index (Phi) is 4.25. The summed E-state index contributed by atoms with van der Waals surface area (Å²) in [7, 11) is 0. The quantitative estimate of drug-likeness (QED) is 0.494. The minimum atomic E-state index is -0.751. The first-order valence-electron chi connectivity index (χ1n) is 7.37. The van der Waals surface area contributed by atoms with Crippen molar-refractivity contribution in [3.8, 4) is 22.8 Å². The number of carbonyl (C=O) groups excluding carboxylic acids is 1. The van der Waals surface area contributed by atoms with Crippen molar-refractivity contribution in [3.63, 3.8) is 0 Å². The number of benzene rings is 1. The van der Waals surface area contributed by atoms with Crippen LogP contribution < -0.4 is 10.7 Å². The molecule has 8 nitrogen and oxygen atoms in total. The molecule has 3 N–H and O–H groups in total. The molecule has 8 heteroatoms. The van der Waals surface area contributed by atoms with Crippen molar-refractivity contribution in [3.05, 3.63) is 46.9 Å². The van der Waals surface area contributed by atoms with E-state index in [4.69, 9.17) is 9.15 Å². The van der Waals surface area contributed by atoms with Crippen LogP contribution in [0.3, 0.4) is 0 Å². The number of aromatic hydroxyl groups is 2. The molecule has 0 aliphatic rings. The fourth-order valence-electron chi connectivity index (χ4n) is 2.30. The summed E-state index contributed by atoms with van der Waals surface area (Å²) in [6.07, 6.45) is 2.11. The van der Waals surface area contributed by atoms with E-state index < -0.39 is 17.6 Å². The van der Waals surface area contributed by atoms with Crippen LogP contribution in [-0.2, 0) is 4.74 Å². The predicted octanol–water partition coefficient (Wildman–Crippen LogP) is 2.83. The summed E-state index contributed by atoms with van der Waals surface area (Å²) < 4.78 is 10.5. The van der Waals surface area contributed by atoms with Gasteiger partial charge in [0.2, 0.25) is 0 Å². The molecule has 2 heterocycles. The summed E-state index contributed by atoms with van der Waals surface area (Å²) in [5.74, 6) is -0.786. The van der Waals surface area contributed by atoms with Crippen molar-refractivity contribution in [1.29, 1.82) is 0 Å². The highest BCUT2D eigenvalue weighted by molar-refractivity contribution is 5.92. The average Bonchev–Trinajstić information content (AvgIpc) is 2.58. The molecule has 0 radical (unpaired) electrons. The molecule has 0 fully saturated rings. The first kappa shape index (κ1) is 16.3. The number of nitrogens with one attached hydrogen (secondary N) is 1. The lowest BCUT2D eigenvalue weighted by Gasteiger charge is -2.12. The third-order valence-corrected chi connectivity index (χ3v) is 3.42. The van der Waals surface area contributed by atoms with Gasteiger partial charge in [-0.3, -0.25) is 15.1 Å². The zero-order valence-electron chi connectivity index (χ0n) is 13.1. The van der Waals surface area contributed by atoms with Gasteiger partial charge in [-0.05, 0) is 19.1 Å². The van der Waals surface area contributed by atoms with Crippen molar-refractivity contribution in [1.82, 2.24) is 4.98 Å². The zero-order chi connectivity index (χ0) is 18.0. The topological polar surface area (TPSA) is 122 Å². The van der Waals surface area contributed by atoms with Gasteiger partial charge in [0, 0.05) is 23.9 Å². The van der Waals surface area contributed by atoms with Crippen molar-refractivity contribution < 1.29 is 24.2 Å². The minimum absolute atomic E-state index is 0.0904. The molecule has 0 unspecified atom stereocenters. The molecule has 0 aliphatic heterocycles. The van der Waals surface area contributed by atoms with Crippen molar-refractivity contribution in [2.45, 2.75) is 6.92 Å². The molecule has 0 saturated carbocycles. The number of nitrogens with zero attached hydrogens (tertiary/aromatic N) is 1. The Hall–Kier alpha value is -3.55. The predicted molar refractivity (Wildman–Crippen MR) is 89.7 cm³/mol. The van der Waals surface area contributed by atoms with Crippen LogP contribution in [0.25, 0.3) is 22.3 Å². The fourth-order valence-corrected chi connectivity index (χ4v) is 2.30. The van der Waals surface area contributed by atoms with Gasteiger partial charge in [0.25, 0.3) is 0 Å². The highest BCUT2D eigenvalue weighted by Crippen LogP contribution is 2.37. The van der Waals surface area contributed by atoms with Crippen LogP contribution >= 0.6 is 0 Å². The molecule has 3 rings (SSSR count). The summed E-state index contributed by atoms with van der Waals surface area (Å²) in [6.45, 7) is 1.80. The van der Waals surface area contributed by atoms with E-state index in [9.17, 15) is 19.8 Å². The molecule has 3 aromatic rings. The lowest BCUT2D eigenvalue weighted by atomic mass is 10.1.